The highest BCUT2D eigenvalue weighted by Crippen LogP contribution is 2.28. The minimum Gasteiger partial charge on any atom is -0.382 e. The smallest absolute Gasteiger partial charge is 0.382 e. The number of nitrogens with zero attached hydrogens (tertiary/aromatic N) is 4. The van der Waals surface area contributed by atoms with Gasteiger partial charge in [0.25, 0.3) is 0 Å². The summed E-state index contributed by atoms with van der Waals surface area (Å²) in [6, 6.07) is 0.757. The Morgan fingerprint density at radius 2 is 1.79 bits per heavy atom. The number of hydrogen-bond acceptors (Lipinski definition) is 5. The van der Waals surface area contributed by atoms with Crippen LogP contribution in [0.5, 0.6) is 0 Å². The molecule has 0 amide bonds. The van der Waals surface area contributed by atoms with Crippen molar-refractivity contribution in [2.45, 2.75) is 24.9 Å². The molecule has 2 rings (SSSR count). The fourth-order valence-corrected chi connectivity index (χ4v) is 2.36. The normalized spacial score (nSPS) is 19.2. The lowest BCUT2D eigenvalue weighted by molar-refractivity contribution is -0.208. The van der Waals surface area contributed by atoms with E-state index in [9.17, 15) is 26.3 Å². The molecule has 1 aromatic heterocycles. The molecule has 11 heteroatoms. The molecule has 0 bridgehead atoms. The number of aliphatic hydroxyl groups excluding tert-OH is 1. The molecule has 0 radical (unpaired) electrons. The molecule has 0 aliphatic carbocycles. The highest BCUT2D eigenvalue weighted by Gasteiger charge is 2.39. The van der Waals surface area contributed by atoms with Crippen molar-refractivity contribution in [2.24, 2.45) is 0 Å². The molecule has 136 valence electrons. The minimum atomic E-state index is -4.70. The van der Waals surface area contributed by atoms with Crippen molar-refractivity contribution in [3.05, 3.63) is 18.0 Å². The van der Waals surface area contributed by atoms with Crippen LogP contribution in [0.3, 0.4) is 0 Å². The first-order valence-electron chi connectivity index (χ1n) is 7.19. The first-order valence-corrected chi connectivity index (χ1v) is 7.19. The standard InChI is InChI=1S/C13H16F6N4O/c14-12(15,16)9-2-3-20-11(21-9)23-5-1-4-22(6-7-23)8-10(24)13(17,18)19/h2-3,10,24H,1,4-8H2/t10-/m0/s1. The van der Waals surface area contributed by atoms with E-state index in [4.69, 9.17) is 5.11 Å². The van der Waals surface area contributed by atoms with Crippen molar-refractivity contribution in [3.63, 3.8) is 0 Å². The number of aromatic nitrogens is 2. The lowest BCUT2D eigenvalue weighted by atomic mass is 10.3. The maximum Gasteiger partial charge on any atom is 0.433 e. The molecule has 2 heterocycles. The summed E-state index contributed by atoms with van der Waals surface area (Å²) in [5, 5.41) is 9.11. The van der Waals surface area contributed by atoms with Gasteiger partial charge in [0.05, 0.1) is 0 Å². The molecule has 0 aromatic carbocycles. The molecule has 1 atom stereocenters. The molecular weight excluding hydrogens is 342 g/mol. The molecule has 0 spiro atoms. The number of halogens is 6. The van der Waals surface area contributed by atoms with E-state index in [0.717, 1.165) is 12.3 Å². The van der Waals surface area contributed by atoms with E-state index in [1.54, 1.807) is 0 Å². The van der Waals surface area contributed by atoms with Crippen molar-refractivity contribution in [1.29, 1.82) is 0 Å². The number of anilines is 1. The highest BCUT2D eigenvalue weighted by atomic mass is 19.4. The first kappa shape index (κ1) is 18.7. The molecule has 1 fully saturated rings. The number of β-amino-alcohol motifs (C(OH)–C–C–N with tert-alkyl or cyclic N) is 1. The fourth-order valence-electron chi connectivity index (χ4n) is 2.36. The third-order valence-corrected chi connectivity index (χ3v) is 3.61. The fraction of sp³-hybridized carbons (Fsp3) is 0.692. The average Bonchev–Trinajstić information content (AvgIpc) is 2.71. The Hall–Kier alpha value is -1.62. The average molecular weight is 358 g/mol. The van der Waals surface area contributed by atoms with E-state index >= 15 is 0 Å². The van der Waals surface area contributed by atoms with Gasteiger partial charge in [0.2, 0.25) is 5.95 Å². The second kappa shape index (κ2) is 7.09. The Bertz CT molecular complexity index is 550. The van der Waals surface area contributed by atoms with Gasteiger partial charge in [-0.3, -0.25) is 4.90 Å². The number of alkyl halides is 6. The number of hydrogen-bond donors (Lipinski definition) is 1. The summed E-state index contributed by atoms with van der Waals surface area (Å²) in [5.74, 6) is -0.108. The van der Waals surface area contributed by atoms with Crippen LogP contribution in [0.15, 0.2) is 12.3 Å². The summed E-state index contributed by atoms with van der Waals surface area (Å²) in [6.45, 7) is 0.377. The zero-order valence-electron chi connectivity index (χ0n) is 12.5. The van der Waals surface area contributed by atoms with E-state index in [2.05, 4.69) is 9.97 Å². The minimum absolute atomic E-state index is 0.108. The van der Waals surface area contributed by atoms with Crippen LogP contribution in [0, 0.1) is 0 Å². The summed E-state index contributed by atoms with van der Waals surface area (Å²) in [7, 11) is 0. The maximum atomic E-state index is 12.7. The van der Waals surface area contributed by atoms with Gasteiger partial charge in [-0.2, -0.15) is 26.3 Å². The third kappa shape index (κ3) is 4.94. The summed E-state index contributed by atoms with van der Waals surface area (Å²) in [4.78, 5) is 10.2. The molecule has 1 aliphatic heterocycles. The topological polar surface area (TPSA) is 52.5 Å². The van der Waals surface area contributed by atoms with Crippen molar-refractivity contribution >= 4 is 5.95 Å². The van der Waals surface area contributed by atoms with Gasteiger partial charge >= 0.3 is 12.4 Å². The zero-order chi connectivity index (χ0) is 18.0. The monoisotopic (exact) mass is 358 g/mol. The van der Waals surface area contributed by atoms with Gasteiger partial charge in [0, 0.05) is 38.9 Å². The van der Waals surface area contributed by atoms with Crippen LogP contribution >= 0.6 is 0 Å². The molecule has 1 saturated heterocycles. The van der Waals surface area contributed by atoms with Gasteiger partial charge in [-0.05, 0) is 12.5 Å². The zero-order valence-corrected chi connectivity index (χ0v) is 12.5. The lowest BCUT2D eigenvalue weighted by Crippen LogP contribution is -2.42. The quantitative estimate of drug-likeness (QED) is 0.837. The molecule has 0 unspecified atom stereocenters. The second-order valence-electron chi connectivity index (χ2n) is 5.44. The Kier molecular flexibility index (Phi) is 5.53. The van der Waals surface area contributed by atoms with E-state index in [-0.39, 0.29) is 19.0 Å². The van der Waals surface area contributed by atoms with Crippen LogP contribution in [-0.4, -0.2) is 65.0 Å². The Morgan fingerprint density at radius 1 is 1.08 bits per heavy atom. The molecule has 1 N–H and O–H groups in total. The molecule has 1 aliphatic rings. The maximum absolute atomic E-state index is 12.7. The molecule has 24 heavy (non-hydrogen) atoms. The van der Waals surface area contributed by atoms with Gasteiger partial charge in [-0.1, -0.05) is 0 Å². The highest BCUT2D eigenvalue weighted by molar-refractivity contribution is 5.31. The van der Waals surface area contributed by atoms with E-state index in [0.29, 0.717) is 19.5 Å². The van der Waals surface area contributed by atoms with E-state index < -0.39 is 30.7 Å². The lowest BCUT2D eigenvalue weighted by Gasteiger charge is -2.25. The summed E-state index contributed by atoms with van der Waals surface area (Å²) in [5.41, 5.74) is -1.07. The van der Waals surface area contributed by atoms with Crippen molar-refractivity contribution in [1.82, 2.24) is 14.9 Å². The molecule has 1 aromatic rings. The molecule has 0 saturated carbocycles. The van der Waals surface area contributed by atoms with Crippen molar-refractivity contribution in [2.75, 3.05) is 37.6 Å². The molecular formula is C13H16F6N4O. The van der Waals surface area contributed by atoms with Gasteiger partial charge in [0.1, 0.15) is 5.69 Å². The Balaban J connectivity index is 2.01. The van der Waals surface area contributed by atoms with Crippen LogP contribution in [0.1, 0.15) is 12.1 Å². The van der Waals surface area contributed by atoms with Crippen LogP contribution in [0.2, 0.25) is 0 Å². The van der Waals surface area contributed by atoms with Crippen LogP contribution in [0.4, 0.5) is 32.3 Å². The largest absolute Gasteiger partial charge is 0.433 e. The predicted molar refractivity (Wildman–Crippen MR) is 72.4 cm³/mol. The summed E-state index contributed by atoms with van der Waals surface area (Å²) >= 11 is 0. The summed E-state index contributed by atoms with van der Waals surface area (Å²) < 4.78 is 75.2. The molecule has 5 nitrogen and oxygen atoms in total. The van der Waals surface area contributed by atoms with Gasteiger partial charge < -0.3 is 10.0 Å². The Labute approximate surface area is 133 Å². The third-order valence-electron chi connectivity index (χ3n) is 3.61. The van der Waals surface area contributed by atoms with Crippen molar-refractivity contribution < 1.29 is 31.4 Å². The van der Waals surface area contributed by atoms with Gasteiger partial charge in [-0.25, -0.2) is 9.97 Å². The van der Waals surface area contributed by atoms with Crippen LogP contribution < -0.4 is 4.90 Å². The SMILES string of the molecule is O[C@@H](CN1CCCN(c2nccc(C(F)(F)F)n2)CC1)C(F)(F)F. The van der Waals surface area contributed by atoms with Crippen LogP contribution in [-0.2, 0) is 6.18 Å². The van der Waals surface area contributed by atoms with E-state index in [1.807, 2.05) is 0 Å². The second-order valence-corrected chi connectivity index (χ2v) is 5.44. The predicted octanol–water partition coefficient (Wildman–Crippen LogP) is 1.93. The first-order chi connectivity index (χ1) is 11.1. The van der Waals surface area contributed by atoms with Gasteiger partial charge in [-0.15, -0.1) is 0 Å². The van der Waals surface area contributed by atoms with E-state index in [1.165, 1.54) is 9.80 Å². The van der Waals surface area contributed by atoms with Crippen LogP contribution in [0.25, 0.3) is 0 Å². The number of aliphatic hydroxyl groups is 1. The number of rotatable bonds is 3. The van der Waals surface area contributed by atoms with Crippen molar-refractivity contribution in [3.8, 4) is 0 Å². The Morgan fingerprint density at radius 3 is 2.42 bits per heavy atom. The van der Waals surface area contributed by atoms with Gasteiger partial charge in [0.15, 0.2) is 6.10 Å². The summed E-state index contributed by atoms with van der Waals surface area (Å²) in [6.07, 6.45) is -10.3.